The summed E-state index contributed by atoms with van der Waals surface area (Å²) in [5.74, 6) is -0.547. The molecule has 0 fully saturated rings. The van der Waals surface area contributed by atoms with Crippen LogP contribution in [0.3, 0.4) is 0 Å². The van der Waals surface area contributed by atoms with Crippen molar-refractivity contribution in [1.82, 2.24) is 9.97 Å². The van der Waals surface area contributed by atoms with Crippen LogP contribution in [-0.2, 0) is 16.1 Å². The summed E-state index contributed by atoms with van der Waals surface area (Å²) < 4.78 is 10.8. The van der Waals surface area contributed by atoms with Gasteiger partial charge in [0.1, 0.15) is 17.2 Å². The van der Waals surface area contributed by atoms with Crippen molar-refractivity contribution < 1.29 is 19.4 Å². The second-order valence-electron chi connectivity index (χ2n) is 5.61. The molecule has 2 heterocycles. The normalized spacial score (nSPS) is 11.3. The molecule has 0 amide bonds. The van der Waals surface area contributed by atoms with Crippen LogP contribution in [0.5, 0.6) is 5.88 Å². The molecule has 0 radical (unpaired) electrons. The number of methoxy groups -OCH3 is 1. The van der Waals surface area contributed by atoms with Gasteiger partial charge in [-0.05, 0) is 30.2 Å². The van der Waals surface area contributed by atoms with Crippen molar-refractivity contribution in [2.45, 2.75) is 13.5 Å². The van der Waals surface area contributed by atoms with Crippen LogP contribution in [0.25, 0.3) is 16.3 Å². The Morgan fingerprint density at radius 3 is 2.70 bits per heavy atom. The summed E-state index contributed by atoms with van der Waals surface area (Å²) in [5.41, 5.74) is 2.14. The van der Waals surface area contributed by atoms with Crippen LogP contribution < -0.4 is 4.74 Å². The van der Waals surface area contributed by atoms with Crippen molar-refractivity contribution in [2.75, 3.05) is 7.11 Å². The maximum absolute atomic E-state index is 11.5. The van der Waals surface area contributed by atoms with E-state index in [-0.39, 0.29) is 12.2 Å². The Morgan fingerprint density at radius 2 is 2.00 bits per heavy atom. The standard InChI is InChI=1S/C20H18N2O4S/c1-13-18(22-19(27-13)17-9-5-6-10-21-17)26-11-14-7-3-4-8-15(14)16(12-25-2)20(23)24/h3-10,12H,11H2,1-2H3,(H,23,24)/b16-12+. The van der Waals surface area contributed by atoms with Gasteiger partial charge in [0, 0.05) is 6.20 Å². The van der Waals surface area contributed by atoms with Crippen LogP contribution in [0.2, 0.25) is 0 Å². The van der Waals surface area contributed by atoms with Gasteiger partial charge in [0.25, 0.3) is 0 Å². The molecule has 2 aromatic heterocycles. The molecule has 0 bridgehead atoms. The summed E-state index contributed by atoms with van der Waals surface area (Å²) in [4.78, 5) is 21.3. The molecule has 1 N–H and O–H groups in total. The lowest BCUT2D eigenvalue weighted by atomic mass is 10.0. The zero-order valence-corrected chi connectivity index (χ0v) is 15.7. The minimum atomic E-state index is -1.06. The van der Waals surface area contributed by atoms with Gasteiger partial charge in [-0.1, -0.05) is 30.3 Å². The van der Waals surface area contributed by atoms with Crippen molar-refractivity contribution in [3.63, 3.8) is 0 Å². The minimum absolute atomic E-state index is 0.0703. The van der Waals surface area contributed by atoms with Gasteiger partial charge in [-0.2, -0.15) is 4.98 Å². The molecule has 0 aliphatic carbocycles. The van der Waals surface area contributed by atoms with Crippen molar-refractivity contribution in [1.29, 1.82) is 0 Å². The number of aromatic nitrogens is 2. The molecule has 3 rings (SSSR count). The Balaban J connectivity index is 1.83. The summed E-state index contributed by atoms with van der Waals surface area (Å²) >= 11 is 1.50. The fourth-order valence-electron chi connectivity index (χ4n) is 2.52. The van der Waals surface area contributed by atoms with Crippen LogP contribution in [0.1, 0.15) is 16.0 Å². The first-order chi connectivity index (χ1) is 13.1. The molecule has 7 heteroatoms. The average Bonchev–Trinajstić information content (AvgIpc) is 3.06. The van der Waals surface area contributed by atoms with Crippen molar-refractivity contribution in [2.24, 2.45) is 0 Å². The third-order valence-electron chi connectivity index (χ3n) is 3.78. The average molecular weight is 382 g/mol. The van der Waals surface area contributed by atoms with Crippen molar-refractivity contribution >= 4 is 22.9 Å². The van der Waals surface area contributed by atoms with Gasteiger partial charge in [-0.25, -0.2) is 4.79 Å². The molecule has 0 aliphatic rings. The molecule has 0 atom stereocenters. The second-order valence-corrected chi connectivity index (χ2v) is 6.82. The predicted octanol–water partition coefficient (Wildman–Crippen LogP) is 4.16. The molecule has 1 aromatic carbocycles. The lowest BCUT2D eigenvalue weighted by molar-refractivity contribution is -0.130. The van der Waals surface area contributed by atoms with E-state index in [0.717, 1.165) is 21.1 Å². The SMILES string of the molecule is CO/C=C(/C(=O)O)c1ccccc1COc1nc(-c2ccccn2)sc1C. The molecular formula is C20H18N2O4S. The number of hydrogen-bond donors (Lipinski definition) is 1. The highest BCUT2D eigenvalue weighted by atomic mass is 32.1. The number of hydrogen-bond acceptors (Lipinski definition) is 6. The Hall–Kier alpha value is -3.19. The highest BCUT2D eigenvalue weighted by Gasteiger charge is 2.17. The first-order valence-electron chi connectivity index (χ1n) is 8.16. The largest absolute Gasteiger partial charge is 0.503 e. The van der Waals surface area contributed by atoms with E-state index in [0.29, 0.717) is 11.4 Å². The van der Waals surface area contributed by atoms with Crippen LogP contribution in [0.4, 0.5) is 0 Å². The number of carbonyl (C=O) groups is 1. The smallest absolute Gasteiger partial charge is 0.339 e. The van der Waals surface area contributed by atoms with Gasteiger partial charge in [-0.15, -0.1) is 11.3 Å². The van der Waals surface area contributed by atoms with Gasteiger partial charge in [0.15, 0.2) is 0 Å². The van der Waals surface area contributed by atoms with E-state index in [9.17, 15) is 9.90 Å². The van der Waals surface area contributed by atoms with Gasteiger partial charge in [-0.3, -0.25) is 4.98 Å². The zero-order valence-electron chi connectivity index (χ0n) is 14.9. The number of nitrogens with zero attached hydrogens (tertiary/aromatic N) is 2. The van der Waals surface area contributed by atoms with E-state index in [4.69, 9.17) is 9.47 Å². The number of carboxylic acids is 1. The molecule has 27 heavy (non-hydrogen) atoms. The number of rotatable bonds is 7. The lowest BCUT2D eigenvalue weighted by Crippen LogP contribution is -2.06. The molecule has 138 valence electrons. The fourth-order valence-corrected chi connectivity index (χ4v) is 3.35. The van der Waals surface area contributed by atoms with E-state index < -0.39 is 5.97 Å². The maximum atomic E-state index is 11.5. The van der Waals surface area contributed by atoms with Crippen LogP contribution in [-0.4, -0.2) is 28.2 Å². The van der Waals surface area contributed by atoms with Crippen LogP contribution in [0.15, 0.2) is 54.9 Å². The molecule has 3 aromatic rings. The number of benzene rings is 1. The van der Waals surface area contributed by atoms with Gasteiger partial charge in [0.05, 0.1) is 23.9 Å². The lowest BCUT2D eigenvalue weighted by Gasteiger charge is -2.11. The Morgan fingerprint density at radius 1 is 1.22 bits per heavy atom. The fraction of sp³-hybridized carbons (Fsp3) is 0.150. The van der Waals surface area contributed by atoms with Crippen molar-refractivity contribution in [3.05, 3.63) is 70.9 Å². The molecule has 0 saturated carbocycles. The first kappa shape index (κ1) is 18.6. The first-order valence-corrected chi connectivity index (χ1v) is 8.98. The van der Waals surface area contributed by atoms with Gasteiger partial charge in [0.2, 0.25) is 5.88 Å². The Bertz CT molecular complexity index is 967. The third kappa shape index (κ3) is 4.32. The summed E-state index contributed by atoms with van der Waals surface area (Å²) in [6.07, 6.45) is 2.94. The second kappa shape index (κ2) is 8.46. The predicted molar refractivity (Wildman–Crippen MR) is 103 cm³/mol. The molecular weight excluding hydrogens is 364 g/mol. The van der Waals surface area contributed by atoms with E-state index in [1.807, 2.05) is 37.3 Å². The number of pyridine rings is 1. The van der Waals surface area contributed by atoms with Gasteiger partial charge >= 0.3 is 5.97 Å². The van der Waals surface area contributed by atoms with E-state index in [1.54, 1.807) is 18.3 Å². The Labute approximate surface area is 160 Å². The summed E-state index contributed by atoms with van der Waals surface area (Å²) in [7, 11) is 1.42. The minimum Gasteiger partial charge on any atom is -0.503 e. The van der Waals surface area contributed by atoms with E-state index in [2.05, 4.69) is 9.97 Å². The van der Waals surface area contributed by atoms with E-state index in [1.165, 1.54) is 24.7 Å². The summed E-state index contributed by atoms with van der Waals surface area (Å²) in [6, 6.07) is 12.8. The van der Waals surface area contributed by atoms with Gasteiger partial charge < -0.3 is 14.6 Å². The molecule has 0 spiro atoms. The third-order valence-corrected chi connectivity index (χ3v) is 4.75. The highest BCUT2D eigenvalue weighted by molar-refractivity contribution is 7.15. The number of ether oxygens (including phenoxy) is 2. The van der Waals surface area contributed by atoms with Crippen LogP contribution in [0, 0.1) is 6.92 Å². The van der Waals surface area contributed by atoms with Crippen molar-refractivity contribution in [3.8, 4) is 16.6 Å². The quantitative estimate of drug-likeness (QED) is 0.488. The summed E-state index contributed by atoms with van der Waals surface area (Å²) in [6.45, 7) is 2.12. The number of aliphatic carboxylic acids is 1. The number of aryl methyl sites for hydroxylation is 1. The Kier molecular flexibility index (Phi) is 5.83. The molecule has 0 saturated heterocycles. The van der Waals surface area contributed by atoms with E-state index >= 15 is 0 Å². The van der Waals surface area contributed by atoms with Crippen LogP contribution >= 0.6 is 11.3 Å². The monoisotopic (exact) mass is 382 g/mol. The highest BCUT2D eigenvalue weighted by Crippen LogP contribution is 2.31. The molecule has 6 nitrogen and oxygen atoms in total. The number of carboxylic acid groups (broad SMARTS) is 1. The number of thiazole rings is 1. The summed E-state index contributed by atoms with van der Waals surface area (Å²) in [5, 5.41) is 10.2. The topological polar surface area (TPSA) is 81.5 Å². The molecule has 0 aliphatic heterocycles. The maximum Gasteiger partial charge on any atom is 0.339 e. The zero-order chi connectivity index (χ0) is 19.2. The molecule has 0 unspecified atom stereocenters.